The molecular weight excluding hydrogens is 360 g/mol. The SMILES string of the molecule is C=CCOc1ccc(NC(=O)c2ccc(CN3CCc4ccccc43)cc2)cc1. The van der Waals surface area contributed by atoms with Crippen molar-refractivity contribution in [1.29, 1.82) is 0 Å². The minimum absolute atomic E-state index is 0.122. The smallest absolute Gasteiger partial charge is 0.255 e. The summed E-state index contributed by atoms with van der Waals surface area (Å²) in [6.07, 6.45) is 2.79. The van der Waals surface area contributed by atoms with Crippen LogP contribution in [0.25, 0.3) is 0 Å². The second-order valence-electron chi connectivity index (χ2n) is 7.08. The van der Waals surface area contributed by atoms with Gasteiger partial charge in [0.25, 0.3) is 5.91 Å². The van der Waals surface area contributed by atoms with Crippen molar-refractivity contribution in [3.63, 3.8) is 0 Å². The third kappa shape index (κ3) is 4.49. The summed E-state index contributed by atoms with van der Waals surface area (Å²) >= 11 is 0. The molecule has 0 aliphatic carbocycles. The van der Waals surface area contributed by atoms with E-state index < -0.39 is 0 Å². The highest BCUT2D eigenvalue weighted by atomic mass is 16.5. The number of hydrogen-bond acceptors (Lipinski definition) is 3. The maximum atomic E-state index is 12.5. The van der Waals surface area contributed by atoms with E-state index in [1.54, 1.807) is 6.08 Å². The van der Waals surface area contributed by atoms with Gasteiger partial charge in [0.15, 0.2) is 0 Å². The number of para-hydroxylation sites is 1. The lowest BCUT2D eigenvalue weighted by Gasteiger charge is -2.19. The molecule has 4 rings (SSSR count). The third-order valence-corrected chi connectivity index (χ3v) is 5.05. The monoisotopic (exact) mass is 384 g/mol. The van der Waals surface area contributed by atoms with Crippen molar-refractivity contribution >= 4 is 17.3 Å². The molecule has 0 spiro atoms. The highest BCUT2D eigenvalue weighted by Gasteiger charge is 2.18. The number of hydrogen-bond donors (Lipinski definition) is 1. The van der Waals surface area contributed by atoms with Gasteiger partial charge in [0.2, 0.25) is 0 Å². The van der Waals surface area contributed by atoms with E-state index in [-0.39, 0.29) is 5.91 Å². The first-order chi connectivity index (χ1) is 14.2. The molecule has 1 heterocycles. The number of nitrogens with one attached hydrogen (secondary N) is 1. The molecule has 0 saturated heterocycles. The molecular formula is C25H24N2O2. The summed E-state index contributed by atoms with van der Waals surface area (Å²) in [5.74, 6) is 0.624. The number of anilines is 2. The number of carbonyl (C=O) groups excluding carboxylic acids is 1. The lowest BCUT2D eigenvalue weighted by atomic mass is 10.1. The van der Waals surface area contributed by atoms with Gasteiger partial charge in [-0.1, -0.05) is 43.0 Å². The maximum Gasteiger partial charge on any atom is 0.255 e. The molecule has 0 aromatic heterocycles. The van der Waals surface area contributed by atoms with E-state index in [4.69, 9.17) is 4.74 Å². The average molecular weight is 384 g/mol. The zero-order valence-corrected chi connectivity index (χ0v) is 16.3. The average Bonchev–Trinajstić information content (AvgIpc) is 3.16. The molecule has 4 nitrogen and oxygen atoms in total. The topological polar surface area (TPSA) is 41.6 Å². The first-order valence-corrected chi connectivity index (χ1v) is 9.80. The van der Waals surface area contributed by atoms with Crippen molar-refractivity contribution in [3.8, 4) is 5.75 Å². The normalized spacial score (nSPS) is 12.3. The van der Waals surface area contributed by atoms with E-state index in [1.807, 2.05) is 48.5 Å². The fourth-order valence-corrected chi connectivity index (χ4v) is 3.55. The Bertz CT molecular complexity index is 994. The Kier molecular flexibility index (Phi) is 5.61. The van der Waals surface area contributed by atoms with Gasteiger partial charge >= 0.3 is 0 Å². The van der Waals surface area contributed by atoms with E-state index in [9.17, 15) is 4.79 Å². The predicted molar refractivity (Wildman–Crippen MR) is 118 cm³/mol. The van der Waals surface area contributed by atoms with Crippen LogP contribution in [0.15, 0.2) is 85.5 Å². The second kappa shape index (κ2) is 8.65. The van der Waals surface area contributed by atoms with Crippen LogP contribution in [0.5, 0.6) is 5.75 Å². The van der Waals surface area contributed by atoms with Gasteiger partial charge in [0.1, 0.15) is 12.4 Å². The van der Waals surface area contributed by atoms with Gasteiger partial charge in [0, 0.05) is 30.0 Å². The first-order valence-electron chi connectivity index (χ1n) is 9.80. The van der Waals surface area contributed by atoms with Crippen LogP contribution in [0.3, 0.4) is 0 Å². The molecule has 0 unspecified atom stereocenters. The summed E-state index contributed by atoms with van der Waals surface area (Å²) in [6, 6.07) is 23.7. The Morgan fingerprint density at radius 3 is 2.55 bits per heavy atom. The molecule has 0 bridgehead atoms. The molecule has 3 aromatic carbocycles. The van der Waals surface area contributed by atoms with Crippen LogP contribution in [-0.2, 0) is 13.0 Å². The maximum absolute atomic E-state index is 12.5. The fourth-order valence-electron chi connectivity index (χ4n) is 3.55. The lowest BCUT2D eigenvalue weighted by molar-refractivity contribution is 0.102. The number of ether oxygens (including phenoxy) is 1. The molecule has 146 valence electrons. The van der Waals surface area contributed by atoms with Crippen LogP contribution < -0.4 is 15.0 Å². The van der Waals surface area contributed by atoms with Gasteiger partial charge < -0.3 is 15.0 Å². The Hall–Kier alpha value is -3.53. The van der Waals surface area contributed by atoms with E-state index in [1.165, 1.54) is 16.8 Å². The highest BCUT2D eigenvalue weighted by molar-refractivity contribution is 6.04. The quantitative estimate of drug-likeness (QED) is 0.579. The molecule has 0 saturated carbocycles. The van der Waals surface area contributed by atoms with E-state index in [0.717, 1.165) is 30.9 Å². The molecule has 1 aliphatic rings. The first kappa shape index (κ1) is 18.8. The van der Waals surface area contributed by atoms with Crippen LogP contribution in [0.1, 0.15) is 21.5 Å². The molecule has 1 N–H and O–H groups in total. The number of nitrogens with zero attached hydrogens (tertiary/aromatic N) is 1. The van der Waals surface area contributed by atoms with Gasteiger partial charge in [0.05, 0.1) is 0 Å². The molecule has 0 atom stereocenters. The van der Waals surface area contributed by atoms with Crippen molar-refractivity contribution in [2.45, 2.75) is 13.0 Å². The number of amides is 1. The number of rotatable bonds is 7. The minimum atomic E-state index is -0.122. The molecule has 3 aromatic rings. The number of benzene rings is 3. The highest BCUT2D eigenvalue weighted by Crippen LogP contribution is 2.28. The van der Waals surface area contributed by atoms with Gasteiger partial charge in [-0.05, 0) is 60.0 Å². The summed E-state index contributed by atoms with van der Waals surface area (Å²) in [6.45, 7) is 5.97. The summed E-state index contributed by atoms with van der Waals surface area (Å²) in [4.78, 5) is 14.9. The van der Waals surface area contributed by atoms with Crippen LogP contribution >= 0.6 is 0 Å². The molecule has 1 aliphatic heterocycles. The predicted octanol–water partition coefficient (Wildman–Crippen LogP) is 5.07. The van der Waals surface area contributed by atoms with Gasteiger partial charge in [-0.3, -0.25) is 4.79 Å². The zero-order chi connectivity index (χ0) is 20.1. The van der Waals surface area contributed by atoms with Crippen molar-refractivity contribution in [1.82, 2.24) is 0 Å². The van der Waals surface area contributed by atoms with Crippen molar-refractivity contribution in [2.75, 3.05) is 23.4 Å². The van der Waals surface area contributed by atoms with Crippen LogP contribution in [-0.4, -0.2) is 19.1 Å². The van der Waals surface area contributed by atoms with E-state index in [2.05, 4.69) is 41.1 Å². The third-order valence-electron chi connectivity index (χ3n) is 5.05. The molecule has 0 fully saturated rings. The summed E-state index contributed by atoms with van der Waals surface area (Å²) in [5.41, 5.74) is 5.29. The van der Waals surface area contributed by atoms with Crippen LogP contribution in [0.2, 0.25) is 0 Å². The fraction of sp³-hybridized carbons (Fsp3) is 0.160. The van der Waals surface area contributed by atoms with E-state index >= 15 is 0 Å². The Morgan fingerprint density at radius 1 is 1.03 bits per heavy atom. The Morgan fingerprint density at radius 2 is 1.79 bits per heavy atom. The van der Waals surface area contributed by atoms with Crippen LogP contribution in [0.4, 0.5) is 11.4 Å². The van der Waals surface area contributed by atoms with Crippen molar-refractivity contribution in [2.24, 2.45) is 0 Å². The summed E-state index contributed by atoms with van der Waals surface area (Å²) < 4.78 is 5.45. The minimum Gasteiger partial charge on any atom is -0.490 e. The van der Waals surface area contributed by atoms with Crippen molar-refractivity contribution < 1.29 is 9.53 Å². The molecule has 1 amide bonds. The lowest BCUT2D eigenvalue weighted by Crippen LogP contribution is -2.19. The summed E-state index contributed by atoms with van der Waals surface area (Å²) in [7, 11) is 0. The van der Waals surface area contributed by atoms with Gasteiger partial charge in [-0.2, -0.15) is 0 Å². The number of fused-ring (bicyclic) bond motifs is 1. The van der Waals surface area contributed by atoms with Gasteiger partial charge in [-0.15, -0.1) is 0 Å². The number of carbonyl (C=O) groups is 1. The van der Waals surface area contributed by atoms with Crippen LogP contribution in [0, 0.1) is 0 Å². The standard InChI is InChI=1S/C25H24N2O2/c1-2-17-29-23-13-11-22(12-14-23)26-25(28)21-9-7-19(8-10-21)18-27-16-15-20-5-3-4-6-24(20)27/h2-14H,1,15-18H2,(H,26,28). The molecule has 29 heavy (non-hydrogen) atoms. The molecule has 0 radical (unpaired) electrons. The Labute approximate surface area is 171 Å². The molecule has 4 heteroatoms. The van der Waals surface area contributed by atoms with Crippen molar-refractivity contribution in [3.05, 3.63) is 102 Å². The van der Waals surface area contributed by atoms with E-state index in [0.29, 0.717) is 12.2 Å². The Balaban J connectivity index is 1.36. The zero-order valence-electron chi connectivity index (χ0n) is 16.3. The van der Waals surface area contributed by atoms with Gasteiger partial charge in [-0.25, -0.2) is 0 Å². The largest absolute Gasteiger partial charge is 0.490 e. The second-order valence-corrected chi connectivity index (χ2v) is 7.08. The summed E-state index contributed by atoms with van der Waals surface area (Å²) in [5, 5.41) is 2.92.